The van der Waals surface area contributed by atoms with Crippen LogP contribution in [0.15, 0.2) is 80.8 Å². The van der Waals surface area contributed by atoms with E-state index < -0.39 is 22.0 Å². The minimum Gasteiger partial charge on any atom is -0.425 e. The van der Waals surface area contributed by atoms with Crippen molar-refractivity contribution in [1.82, 2.24) is 4.72 Å². The lowest BCUT2D eigenvalue weighted by atomic mass is 9.99. The average molecular weight is 574 g/mol. The molecule has 0 amide bonds. The van der Waals surface area contributed by atoms with E-state index in [1.165, 1.54) is 12.1 Å². The van der Waals surface area contributed by atoms with Gasteiger partial charge in [0.15, 0.2) is 0 Å². The third kappa shape index (κ3) is 6.44. The summed E-state index contributed by atoms with van der Waals surface area (Å²) in [5.41, 5.74) is 3.95. The van der Waals surface area contributed by atoms with Crippen LogP contribution in [0, 0.1) is 6.92 Å². The van der Waals surface area contributed by atoms with E-state index in [0.29, 0.717) is 24.0 Å². The molecule has 5 rings (SSSR count). The molecule has 1 N–H and O–H groups in total. The Labute approximate surface area is 240 Å². The van der Waals surface area contributed by atoms with Gasteiger partial charge in [0.2, 0.25) is 10.0 Å². The van der Waals surface area contributed by atoms with Crippen molar-refractivity contribution < 1.29 is 22.4 Å². The Morgan fingerprint density at radius 2 is 1.71 bits per heavy atom. The van der Waals surface area contributed by atoms with Crippen molar-refractivity contribution in [1.29, 1.82) is 0 Å². The molecule has 7 nitrogen and oxygen atoms in total. The van der Waals surface area contributed by atoms with E-state index in [9.17, 15) is 18.0 Å². The lowest BCUT2D eigenvalue weighted by molar-refractivity contribution is -0.136. The fraction of sp³-hybridized carbons (Fsp3) is 0.333. The molecule has 1 aliphatic rings. The fourth-order valence-electron chi connectivity index (χ4n) is 5.39. The van der Waals surface area contributed by atoms with E-state index in [4.69, 9.17) is 9.15 Å². The Morgan fingerprint density at radius 3 is 2.44 bits per heavy atom. The smallest absolute Gasteiger partial charge is 0.339 e. The number of aryl methyl sites for hydroxylation is 3. The summed E-state index contributed by atoms with van der Waals surface area (Å²) in [6.45, 7) is 4.02. The molecule has 0 radical (unpaired) electrons. The van der Waals surface area contributed by atoms with Crippen LogP contribution in [0.25, 0.3) is 11.0 Å². The third-order valence-corrected chi connectivity index (χ3v) is 9.08. The highest BCUT2D eigenvalue weighted by molar-refractivity contribution is 7.89. The van der Waals surface area contributed by atoms with Gasteiger partial charge in [-0.2, -0.15) is 4.72 Å². The molecular weight excluding hydrogens is 538 g/mol. The molecule has 1 aromatic heterocycles. The van der Waals surface area contributed by atoms with Gasteiger partial charge in [-0.1, -0.05) is 74.2 Å². The monoisotopic (exact) mass is 573 g/mol. The van der Waals surface area contributed by atoms with Gasteiger partial charge in [0, 0.05) is 17.0 Å². The van der Waals surface area contributed by atoms with E-state index in [0.717, 1.165) is 66.2 Å². The highest BCUT2D eigenvalue weighted by atomic mass is 32.2. The summed E-state index contributed by atoms with van der Waals surface area (Å²) in [4.78, 5) is 26.4. The summed E-state index contributed by atoms with van der Waals surface area (Å²) in [6, 6.07) is 17.3. The van der Waals surface area contributed by atoms with Crippen LogP contribution < -0.4 is 15.1 Å². The number of esters is 1. The summed E-state index contributed by atoms with van der Waals surface area (Å²) in [7, 11) is -4.05. The zero-order chi connectivity index (χ0) is 29.0. The molecule has 0 saturated carbocycles. The number of sulfonamides is 1. The van der Waals surface area contributed by atoms with Crippen molar-refractivity contribution in [3.05, 3.63) is 105 Å². The summed E-state index contributed by atoms with van der Waals surface area (Å²) < 4.78 is 40.8. The Hall–Kier alpha value is -3.75. The first-order valence-corrected chi connectivity index (χ1v) is 15.7. The zero-order valence-corrected chi connectivity index (χ0v) is 24.3. The molecule has 0 fully saturated rings. The number of carbonyl (C=O) groups is 1. The standard InChI is InChI=1S/C33H35NO6S/c1-3-4-5-7-13-24-20-28-26-14-10-15-27(26)32(35)40-30(28)21-29(24)39-33(36)31(23-11-8-6-9-12-23)34-41(37,38)25-18-16-22(2)17-19-25/h6,8-9,11-12,16-21,31,34H,3-5,7,10,13-15H2,1-2H3/t31-/m1/s1. The van der Waals surface area contributed by atoms with E-state index in [-0.39, 0.29) is 16.3 Å². The van der Waals surface area contributed by atoms with Crippen LogP contribution in [0.5, 0.6) is 5.75 Å². The van der Waals surface area contributed by atoms with Gasteiger partial charge in [-0.3, -0.25) is 0 Å². The van der Waals surface area contributed by atoms with Gasteiger partial charge >= 0.3 is 11.6 Å². The number of unbranched alkanes of at least 4 members (excludes halogenated alkanes) is 3. The van der Waals surface area contributed by atoms with E-state index in [1.54, 1.807) is 48.5 Å². The van der Waals surface area contributed by atoms with Crippen molar-refractivity contribution in [3.8, 4) is 5.75 Å². The summed E-state index contributed by atoms with van der Waals surface area (Å²) in [6.07, 6.45) is 7.23. The number of carbonyl (C=O) groups excluding carboxylic acids is 1. The first-order chi connectivity index (χ1) is 19.8. The Bertz CT molecular complexity index is 1710. The molecule has 0 spiro atoms. The molecule has 0 bridgehead atoms. The minimum atomic E-state index is -4.05. The van der Waals surface area contributed by atoms with Gasteiger partial charge in [0.25, 0.3) is 0 Å². The topological polar surface area (TPSA) is 103 Å². The van der Waals surface area contributed by atoms with Crippen molar-refractivity contribution in [2.75, 3.05) is 0 Å². The normalized spacial score (nSPS) is 13.7. The average Bonchev–Trinajstić information content (AvgIpc) is 3.46. The molecule has 4 aromatic rings. The second kappa shape index (κ2) is 12.4. The number of benzene rings is 3. The highest BCUT2D eigenvalue weighted by Gasteiger charge is 2.30. The van der Waals surface area contributed by atoms with Gasteiger partial charge in [-0.15, -0.1) is 0 Å². The molecule has 1 aliphatic carbocycles. The van der Waals surface area contributed by atoms with Gasteiger partial charge in [-0.25, -0.2) is 18.0 Å². The summed E-state index contributed by atoms with van der Waals surface area (Å²) in [5.74, 6) is -0.500. The largest absolute Gasteiger partial charge is 0.425 e. The summed E-state index contributed by atoms with van der Waals surface area (Å²) >= 11 is 0. The van der Waals surface area contributed by atoms with Crippen LogP contribution in [0.1, 0.15) is 72.9 Å². The lowest BCUT2D eigenvalue weighted by Gasteiger charge is -2.20. The van der Waals surface area contributed by atoms with Crippen LogP contribution in [0.3, 0.4) is 0 Å². The maximum absolute atomic E-state index is 13.8. The first kappa shape index (κ1) is 28.8. The minimum absolute atomic E-state index is 0.0507. The molecule has 41 heavy (non-hydrogen) atoms. The van der Waals surface area contributed by atoms with Crippen molar-refractivity contribution >= 4 is 27.0 Å². The van der Waals surface area contributed by atoms with Crippen LogP contribution in [0.4, 0.5) is 0 Å². The second-order valence-electron chi connectivity index (χ2n) is 10.7. The molecule has 0 unspecified atom stereocenters. The lowest BCUT2D eigenvalue weighted by Crippen LogP contribution is -2.36. The Balaban J connectivity index is 1.52. The molecule has 3 aromatic carbocycles. The van der Waals surface area contributed by atoms with Crippen LogP contribution >= 0.6 is 0 Å². The van der Waals surface area contributed by atoms with Gasteiger partial charge in [-0.05, 0) is 73.9 Å². The van der Waals surface area contributed by atoms with E-state index >= 15 is 0 Å². The number of hydrogen-bond acceptors (Lipinski definition) is 6. The van der Waals surface area contributed by atoms with E-state index in [1.807, 2.05) is 13.0 Å². The van der Waals surface area contributed by atoms with Crippen LogP contribution in [-0.2, 0) is 34.1 Å². The van der Waals surface area contributed by atoms with Gasteiger partial charge in [0.05, 0.1) is 4.90 Å². The molecule has 8 heteroatoms. The van der Waals surface area contributed by atoms with Crippen molar-refractivity contribution in [2.45, 2.75) is 76.2 Å². The predicted octanol–water partition coefficient (Wildman–Crippen LogP) is 6.34. The van der Waals surface area contributed by atoms with Gasteiger partial charge in [0.1, 0.15) is 17.4 Å². The molecule has 1 heterocycles. The second-order valence-corrected chi connectivity index (χ2v) is 12.4. The SMILES string of the molecule is CCCCCCc1cc2c3c(c(=O)oc2cc1OC(=O)[C@H](NS(=O)(=O)c1ccc(C)cc1)c1ccccc1)CCC3. The number of nitrogens with one attached hydrogen (secondary N) is 1. The van der Waals surface area contributed by atoms with Crippen LogP contribution in [0.2, 0.25) is 0 Å². The quantitative estimate of drug-likeness (QED) is 0.0973. The predicted molar refractivity (Wildman–Crippen MR) is 159 cm³/mol. The van der Waals surface area contributed by atoms with Crippen molar-refractivity contribution in [2.24, 2.45) is 0 Å². The third-order valence-electron chi connectivity index (χ3n) is 7.64. The first-order valence-electron chi connectivity index (χ1n) is 14.2. The fourth-order valence-corrected chi connectivity index (χ4v) is 6.57. The molecular formula is C33H35NO6S. The van der Waals surface area contributed by atoms with Crippen LogP contribution in [-0.4, -0.2) is 14.4 Å². The van der Waals surface area contributed by atoms with E-state index in [2.05, 4.69) is 11.6 Å². The molecule has 1 atom stereocenters. The number of fused-ring (bicyclic) bond motifs is 3. The van der Waals surface area contributed by atoms with Crippen molar-refractivity contribution in [3.63, 3.8) is 0 Å². The molecule has 214 valence electrons. The maximum atomic E-state index is 13.8. The Morgan fingerprint density at radius 1 is 0.976 bits per heavy atom. The molecule has 0 saturated heterocycles. The van der Waals surface area contributed by atoms with Gasteiger partial charge < -0.3 is 9.15 Å². The highest BCUT2D eigenvalue weighted by Crippen LogP contribution is 2.34. The Kier molecular flexibility index (Phi) is 8.71. The summed E-state index contributed by atoms with van der Waals surface area (Å²) in [5, 5.41) is 0.877. The maximum Gasteiger partial charge on any atom is 0.339 e. The number of hydrogen-bond donors (Lipinski definition) is 1. The number of rotatable bonds is 11. The number of ether oxygens (including phenoxy) is 1. The molecule has 0 aliphatic heterocycles. The zero-order valence-electron chi connectivity index (χ0n) is 23.4.